The van der Waals surface area contributed by atoms with Crippen molar-refractivity contribution in [1.29, 1.82) is 0 Å². The van der Waals surface area contributed by atoms with Gasteiger partial charge in [0.25, 0.3) is 0 Å². The third-order valence-corrected chi connectivity index (χ3v) is 6.22. The van der Waals surface area contributed by atoms with Crippen molar-refractivity contribution in [3.63, 3.8) is 0 Å². The van der Waals surface area contributed by atoms with Crippen LogP contribution in [0.1, 0.15) is 36.8 Å². The molecule has 1 N–H and O–H groups in total. The first-order valence-electron chi connectivity index (χ1n) is 9.95. The summed E-state index contributed by atoms with van der Waals surface area (Å²) in [6.07, 6.45) is 7.02. The van der Waals surface area contributed by atoms with Gasteiger partial charge in [-0.05, 0) is 54.7 Å². The van der Waals surface area contributed by atoms with Crippen LogP contribution in [0.5, 0.6) is 0 Å². The summed E-state index contributed by atoms with van der Waals surface area (Å²) in [5.74, 6) is 0. The molecule has 0 radical (unpaired) electrons. The molecule has 5 nitrogen and oxygen atoms in total. The van der Waals surface area contributed by atoms with Crippen molar-refractivity contribution < 1.29 is 4.79 Å². The molecule has 1 aliphatic heterocycles. The van der Waals surface area contributed by atoms with Crippen molar-refractivity contribution in [3.05, 3.63) is 70.1 Å². The first kappa shape index (κ1) is 17.8. The lowest BCUT2D eigenvalue weighted by atomic mass is 9.74. The zero-order chi connectivity index (χ0) is 18.7. The lowest BCUT2D eigenvalue weighted by Gasteiger charge is -2.40. The number of carbonyl (C=O) groups excluding carboxylic acids is 1. The van der Waals surface area contributed by atoms with E-state index in [9.17, 15) is 9.59 Å². The number of fused-ring (bicyclic) bond motifs is 2. The summed E-state index contributed by atoms with van der Waals surface area (Å²) in [4.78, 5) is 26.1. The van der Waals surface area contributed by atoms with Crippen molar-refractivity contribution in [3.8, 4) is 0 Å². The van der Waals surface area contributed by atoms with Gasteiger partial charge in [-0.2, -0.15) is 0 Å². The highest BCUT2D eigenvalue weighted by atomic mass is 16.2. The van der Waals surface area contributed by atoms with Crippen LogP contribution >= 0.6 is 0 Å². The van der Waals surface area contributed by atoms with Gasteiger partial charge in [-0.15, -0.1) is 0 Å². The highest BCUT2D eigenvalue weighted by molar-refractivity contribution is 5.74. The molecule has 142 valence electrons. The number of nitrogens with zero attached hydrogens (tertiary/aromatic N) is 2. The third-order valence-electron chi connectivity index (χ3n) is 6.22. The number of hydrogen-bond donors (Lipinski definition) is 1. The molecule has 27 heavy (non-hydrogen) atoms. The molecular weight excluding hydrogens is 338 g/mol. The Kier molecular flexibility index (Phi) is 5.01. The van der Waals surface area contributed by atoms with Gasteiger partial charge >= 0.3 is 6.03 Å². The minimum atomic E-state index is 0.00185. The van der Waals surface area contributed by atoms with Crippen LogP contribution in [0.4, 0.5) is 4.79 Å². The number of likely N-dealkylation sites (tertiary alicyclic amines) is 1. The second kappa shape index (κ2) is 7.59. The molecule has 1 aliphatic carbocycles. The molecule has 0 atom stereocenters. The number of urea groups is 1. The van der Waals surface area contributed by atoms with E-state index in [4.69, 9.17) is 0 Å². The second-order valence-electron chi connectivity index (χ2n) is 7.74. The molecule has 2 heterocycles. The molecule has 0 unspecified atom stereocenters. The van der Waals surface area contributed by atoms with Crippen molar-refractivity contribution in [2.45, 2.75) is 44.1 Å². The molecule has 0 saturated carbocycles. The first-order chi connectivity index (χ1) is 13.2. The van der Waals surface area contributed by atoms with Gasteiger partial charge in [0.05, 0.1) is 0 Å². The Morgan fingerprint density at radius 1 is 1.04 bits per heavy atom. The number of nitrogens with one attached hydrogen (secondary N) is 1. The van der Waals surface area contributed by atoms with E-state index in [-0.39, 0.29) is 17.0 Å². The van der Waals surface area contributed by atoms with Crippen molar-refractivity contribution in [1.82, 2.24) is 14.8 Å². The number of hydrogen-bond acceptors (Lipinski definition) is 2. The molecule has 0 bridgehead atoms. The van der Waals surface area contributed by atoms with E-state index in [1.54, 1.807) is 22.9 Å². The van der Waals surface area contributed by atoms with Crippen LogP contribution in [-0.2, 0) is 18.4 Å². The second-order valence-corrected chi connectivity index (χ2v) is 7.74. The van der Waals surface area contributed by atoms with Crippen molar-refractivity contribution in [2.75, 3.05) is 19.6 Å². The van der Waals surface area contributed by atoms with E-state index >= 15 is 0 Å². The Bertz CT molecular complexity index is 866. The average molecular weight is 365 g/mol. The van der Waals surface area contributed by atoms with E-state index in [0.29, 0.717) is 13.1 Å². The minimum absolute atomic E-state index is 0.00185. The van der Waals surface area contributed by atoms with Crippen LogP contribution in [0.25, 0.3) is 0 Å². The fourth-order valence-corrected chi connectivity index (χ4v) is 4.62. The van der Waals surface area contributed by atoms with Crippen LogP contribution < -0.4 is 10.9 Å². The molecule has 1 aromatic carbocycles. The topological polar surface area (TPSA) is 54.3 Å². The number of rotatable bonds is 4. The summed E-state index contributed by atoms with van der Waals surface area (Å²) in [5, 5.41) is 3.01. The quantitative estimate of drug-likeness (QED) is 0.847. The van der Waals surface area contributed by atoms with Gasteiger partial charge in [-0.3, -0.25) is 4.79 Å². The predicted octanol–water partition coefficient (Wildman–Crippen LogP) is 2.93. The maximum Gasteiger partial charge on any atom is 0.317 e. The zero-order valence-electron chi connectivity index (χ0n) is 15.7. The summed E-state index contributed by atoms with van der Waals surface area (Å²) in [6.45, 7) is 2.85. The summed E-state index contributed by atoms with van der Waals surface area (Å²) >= 11 is 0. The minimum Gasteiger partial charge on any atom is -0.338 e. The third kappa shape index (κ3) is 3.64. The molecule has 1 saturated heterocycles. The van der Waals surface area contributed by atoms with E-state index in [1.807, 2.05) is 11.0 Å². The standard InChI is InChI=1S/C22H27N3O2/c26-20-8-3-4-14-24(20)15-5-13-23-21(27)25-16-11-22(12-17-25)10-9-18-6-1-2-7-19(18)22/h1-4,6-8,14H,5,9-13,15-17H2,(H,23,27). The van der Waals surface area contributed by atoms with E-state index in [2.05, 4.69) is 29.6 Å². The van der Waals surface area contributed by atoms with Crippen LogP contribution in [0.15, 0.2) is 53.5 Å². The summed E-state index contributed by atoms with van der Waals surface area (Å²) in [6, 6.07) is 14.0. The summed E-state index contributed by atoms with van der Waals surface area (Å²) < 4.78 is 1.67. The van der Waals surface area contributed by atoms with E-state index < -0.39 is 0 Å². The first-order valence-corrected chi connectivity index (χ1v) is 9.95. The average Bonchev–Trinajstić information content (AvgIpc) is 3.05. The maximum absolute atomic E-state index is 12.5. The van der Waals surface area contributed by atoms with Crippen LogP contribution in [0.3, 0.4) is 0 Å². The number of aryl methyl sites for hydroxylation is 2. The van der Waals surface area contributed by atoms with Gasteiger partial charge in [0.15, 0.2) is 0 Å². The monoisotopic (exact) mass is 365 g/mol. The number of carbonyl (C=O) groups is 1. The predicted molar refractivity (Wildman–Crippen MR) is 106 cm³/mol. The SMILES string of the molecule is O=C(NCCCn1ccccc1=O)N1CCC2(CCc3ccccc32)CC1. The Morgan fingerprint density at radius 3 is 2.63 bits per heavy atom. The van der Waals surface area contributed by atoms with Gasteiger partial charge < -0.3 is 14.8 Å². The van der Waals surface area contributed by atoms with Crippen LogP contribution in [0.2, 0.25) is 0 Å². The van der Waals surface area contributed by atoms with E-state index in [0.717, 1.165) is 32.4 Å². The van der Waals surface area contributed by atoms with E-state index in [1.165, 1.54) is 24.0 Å². The molecule has 5 heteroatoms. The normalized spacial score (nSPS) is 17.7. The molecule has 1 fully saturated rings. The number of piperidine rings is 1. The Morgan fingerprint density at radius 2 is 1.81 bits per heavy atom. The number of pyridine rings is 1. The highest BCUT2D eigenvalue weighted by Gasteiger charge is 2.41. The maximum atomic E-state index is 12.5. The fraction of sp³-hybridized carbons (Fsp3) is 0.455. The molecule has 2 aromatic rings. The molecule has 1 aromatic heterocycles. The molecule has 2 aliphatic rings. The molecule has 1 spiro atoms. The zero-order valence-corrected chi connectivity index (χ0v) is 15.7. The number of aromatic nitrogens is 1. The largest absolute Gasteiger partial charge is 0.338 e. The Balaban J connectivity index is 1.25. The van der Waals surface area contributed by atoms with Gasteiger partial charge in [0.2, 0.25) is 5.56 Å². The number of benzene rings is 1. The highest BCUT2D eigenvalue weighted by Crippen LogP contribution is 2.46. The lowest BCUT2D eigenvalue weighted by Crippen LogP contribution is -2.48. The van der Waals surface area contributed by atoms with Crippen LogP contribution in [-0.4, -0.2) is 35.1 Å². The Labute approximate surface area is 160 Å². The molecule has 4 rings (SSSR count). The molecular formula is C22H27N3O2. The van der Waals surface area contributed by atoms with Crippen molar-refractivity contribution >= 4 is 6.03 Å². The van der Waals surface area contributed by atoms with Gasteiger partial charge in [0.1, 0.15) is 0 Å². The lowest BCUT2D eigenvalue weighted by molar-refractivity contribution is 0.157. The fourth-order valence-electron chi connectivity index (χ4n) is 4.62. The molecule has 2 amide bonds. The van der Waals surface area contributed by atoms with Gasteiger partial charge in [0, 0.05) is 38.4 Å². The van der Waals surface area contributed by atoms with Gasteiger partial charge in [-0.25, -0.2) is 4.79 Å². The van der Waals surface area contributed by atoms with Crippen LogP contribution in [0, 0.1) is 0 Å². The summed E-state index contributed by atoms with van der Waals surface area (Å²) in [7, 11) is 0. The number of amides is 2. The van der Waals surface area contributed by atoms with Gasteiger partial charge in [-0.1, -0.05) is 30.3 Å². The summed E-state index contributed by atoms with van der Waals surface area (Å²) in [5.41, 5.74) is 3.29. The van der Waals surface area contributed by atoms with Crippen molar-refractivity contribution in [2.24, 2.45) is 0 Å². The Hall–Kier alpha value is -2.56. The smallest absolute Gasteiger partial charge is 0.317 e.